The van der Waals surface area contributed by atoms with Crippen LogP contribution in [0.15, 0.2) is 22.9 Å². The van der Waals surface area contributed by atoms with Crippen LogP contribution in [0.1, 0.15) is 37.6 Å². The molecule has 160 valence electrons. The molecule has 10 nitrogen and oxygen atoms in total. The molecular weight excluding hydrogens is 418 g/mol. The maximum atomic E-state index is 11.4. The first-order valence-corrected chi connectivity index (χ1v) is 8.98. The molecule has 2 aromatic heterocycles. The van der Waals surface area contributed by atoms with Crippen molar-refractivity contribution in [3.8, 4) is 0 Å². The molecule has 1 aliphatic carbocycles. The molecule has 0 radical (unpaired) electrons. The zero-order valence-electron chi connectivity index (χ0n) is 16.4. The third-order valence-corrected chi connectivity index (χ3v) is 3.90. The van der Waals surface area contributed by atoms with Gasteiger partial charge in [-0.25, -0.2) is 4.79 Å². The number of aryl methyl sites for hydroxylation is 1. The number of amides is 2. The maximum absolute atomic E-state index is 11.4. The zero-order valence-corrected chi connectivity index (χ0v) is 17.7. The van der Waals surface area contributed by atoms with E-state index in [4.69, 9.17) is 14.4 Å². The van der Waals surface area contributed by atoms with Crippen molar-refractivity contribution in [2.45, 2.75) is 45.1 Å². The second-order valence-corrected chi connectivity index (χ2v) is 6.77. The van der Waals surface area contributed by atoms with E-state index in [-0.39, 0.29) is 35.2 Å². The fourth-order valence-corrected chi connectivity index (χ4v) is 2.17. The van der Waals surface area contributed by atoms with E-state index in [2.05, 4.69) is 32.4 Å². The standard InChI is InChI=1S/C9H10N4O2.C5H9NO2.C4H7O.Cr/c1-6-4-7(15-13-6)5-9(14)11-8-2-3-10-12-8;1-5(2-3-5)6-4(7)8;1-2-4-5-3-1;/h2-4H,5H2,1H3,(H2,10,11,12,14);6H,2-3H2,1H3,(H,7,8);1H,2-4H2;/q;;-1;. The molecule has 3 heterocycles. The third-order valence-electron chi connectivity index (χ3n) is 3.90. The Bertz CT molecular complexity index is 734. The van der Waals surface area contributed by atoms with E-state index in [9.17, 15) is 9.59 Å². The second-order valence-electron chi connectivity index (χ2n) is 6.77. The monoisotopic (exact) mass is 444 g/mol. The van der Waals surface area contributed by atoms with Crippen LogP contribution in [-0.2, 0) is 33.3 Å². The van der Waals surface area contributed by atoms with Gasteiger partial charge in [-0.1, -0.05) is 11.8 Å². The van der Waals surface area contributed by atoms with E-state index in [1.165, 1.54) is 0 Å². The smallest absolute Gasteiger partial charge is 0.405 e. The summed E-state index contributed by atoms with van der Waals surface area (Å²) in [5.74, 6) is 0.941. The number of nitrogens with one attached hydrogen (secondary N) is 3. The van der Waals surface area contributed by atoms with Gasteiger partial charge in [0, 0.05) is 41.6 Å². The van der Waals surface area contributed by atoms with Crippen molar-refractivity contribution in [2.75, 3.05) is 18.5 Å². The molecule has 4 rings (SSSR count). The summed E-state index contributed by atoms with van der Waals surface area (Å²) in [6.07, 6.45) is 6.08. The fourth-order valence-electron chi connectivity index (χ4n) is 2.17. The number of anilines is 1. The summed E-state index contributed by atoms with van der Waals surface area (Å²) >= 11 is 0. The number of hydrogen-bond acceptors (Lipinski definition) is 6. The summed E-state index contributed by atoms with van der Waals surface area (Å²) in [5.41, 5.74) is 0.686. The number of carbonyl (C=O) groups is 2. The molecule has 2 fully saturated rings. The molecular formula is C18H26CrN5O5-. The molecule has 0 bridgehead atoms. The Labute approximate surface area is 179 Å². The van der Waals surface area contributed by atoms with Crippen LogP contribution < -0.4 is 10.6 Å². The molecule has 2 aromatic rings. The number of rotatable bonds is 4. The van der Waals surface area contributed by atoms with Gasteiger partial charge in [-0.2, -0.15) is 11.5 Å². The van der Waals surface area contributed by atoms with Crippen molar-refractivity contribution in [1.29, 1.82) is 0 Å². The van der Waals surface area contributed by atoms with Crippen LogP contribution in [0.2, 0.25) is 0 Å². The number of nitrogens with zero attached hydrogens (tertiary/aromatic N) is 2. The summed E-state index contributed by atoms with van der Waals surface area (Å²) in [4.78, 5) is 21.4. The summed E-state index contributed by atoms with van der Waals surface area (Å²) in [7, 11) is 0. The molecule has 4 N–H and O–H groups in total. The summed E-state index contributed by atoms with van der Waals surface area (Å²) in [6, 6.07) is 3.40. The Hall–Kier alpha value is -2.35. The average molecular weight is 444 g/mol. The molecule has 0 aromatic carbocycles. The summed E-state index contributed by atoms with van der Waals surface area (Å²) < 4.78 is 9.81. The van der Waals surface area contributed by atoms with Gasteiger partial charge in [0.05, 0.1) is 18.3 Å². The van der Waals surface area contributed by atoms with E-state index in [1.807, 2.05) is 6.92 Å². The fraction of sp³-hybridized carbons (Fsp3) is 0.500. The Morgan fingerprint density at radius 2 is 2.17 bits per heavy atom. The van der Waals surface area contributed by atoms with Crippen LogP contribution >= 0.6 is 0 Å². The van der Waals surface area contributed by atoms with Gasteiger partial charge in [0.1, 0.15) is 11.6 Å². The first kappa shape index (κ1) is 24.7. The quantitative estimate of drug-likeness (QED) is 0.530. The molecule has 29 heavy (non-hydrogen) atoms. The number of carboxylic acid groups (broad SMARTS) is 1. The number of ether oxygens (including phenoxy) is 1. The first-order valence-electron chi connectivity index (χ1n) is 8.98. The molecule has 2 aliphatic rings. The number of carbonyl (C=O) groups excluding carboxylic acids is 1. The van der Waals surface area contributed by atoms with Gasteiger partial charge >= 0.3 is 6.09 Å². The van der Waals surface area contributed by atoms with Crippen LogP contribution in [0.25, 0.3) is 0 Å². The van der Waals surface area contributed by atoms with Crippen molar-refractivity contribution in [3.63, 3.8) is 0 Å². The number of aromatic amines is 1. The minimum atomic E-state index is -0.912. The molecule has 0 spiro atoms. The third kappa shape index (κ3) is 10.7. The van der Waals surface area contributed by atoms with Crippen molar-refractivity contribution in [1.82, 2.24) is 20.7 Å². The van der Waals surface area contributed by atoms with Gasteiger partial charge in [0.2, 0.25) is 5.91 Å². The predicted octanol–water partition coefficient (Wildman–Crippen LogP) is 2.30. The van der Waals surface area contributed by atoms with Gasteiger partial charge in [0.15, 0.2) is 0 Å². The van der Waals surface area contributed by atoms with Crippen LogP contribution in [0.3, 0.4) is 0 Å². The van der Waals surface area contributed by atoms with Gasteiger partial charge in [-0.3, -0.25) is 9.89 Å². The van der Waals surface area contributed by atoms with Crippen LogP contribution in [0.4, 0.5) is 10.6 Å². The predicted molar refractivity (Wildman–Crippen MR) is 101 cm³/mol. The molecule has 1 saturated carbocycles. The van der Waals surface area contributed by atoms with Crippen LogP contribution in [-0.4, -0.2) is 51.2 Å². The van der Waals surface area contributed by atoms with E-state index in [0.29, 0.717) is 11.6 Å². The van der Waals surface area contributed by atoms with E-state index in [0.717, 1.165) is 38.2 Å². The van der Waals surface area contributed by atoms with Crippen molar-refractivity contribution in [2.24, 2.45) is 0 Å². The molecule has 0 unspecified atom stereocenters. The Balaban J connectivity index is 0.000000251. The first-order chi connectivity index (χ1) is 13.4. The van der Waals surface area contributed by atoms with Crippen molar-refractivity contribution < 1.29 is 41.3 Å². The van der Waals surface area contributed by atoms with Crippen LogP contribution in [0.5, 0.6) is 0 Å². The summed E-state index contributed by atoms with van der Waals surface area (Å²) in [6.45, 7) is 5.53. The van der Waals surface area contributed by atoms with Gasteiger partial charge in [-0.05, 0) is 26.7 Å². The maximum Gasteiger partial charge on any atom is 0.405 e. The Kier molecular flexibility index (Phi) is 10.4. The Morgan fingerprint density at radius 1 is 1.41 bits per heavy atom. The summed E-state index contributed by atoms with van der Waals surface area (Å²) in [5, 5.41) is 23.3. The number of H-pyrrole nitrogens is 1. The van der Waals surface area contributed by atoms with Gasteiger partial charge in [0.25, 0.3) is 0 Å². The number of aromatic nitrogens is 3. The van der Waals surface area contributed by atoms with Crippen molar-refractivity contribution in [3.05, 3.63) is 36.2 Å². The SMILES string of the molecule is CC1(NC(=O)O)CC1.Cc1cc(CC(=O)Nc2ccn[nH]2)on1.[CH-]1CCOC1.[Cr]. The average Bonchev–Trinajstić information content (AvgIpc) is 3.14. The van der Waals surface area contributed by atoms with E-state index in [1.54, 1.807) is 25.3 Å². The van der Waals surface area contributed by atoms with Gasteiger partial charge in [-0.15, -0.1) is 0 Å². The normalized spacial score (nSPS) is 15.5. The molecule has 2 amide bonds. The van der Waals surface area contributed by atoms with Crippen molar-refractivity contribution >= 4 is 17.8 Å². The van der Waals surface area contributed by atoms with E-state index >= 15 is 0 Å². The van der Waals surface area contributed by atoms with Crippen LogP contribution in [0, 0.1) is 13.3 Å². The second kappa shape index (κ2) is 12.3. The minimum absolute atomic E-state index is 0. The molecule has 1 saturated heterocycles. The zero-order chi connectivity index (χ0) is 20.4. The largest absolute Gasteiger partial charge is 0.465 e. The number of hydrogen-bond donors (Lipinski definition) is 4. The topological polar surface area (TPSA) is 142 Å². The Morgan fingerprint density at radius 3 is 2.55 bits per heavy atom. The molecule has 0 atom stereocenters. The molecule has 1 aliphatic heterocycles. The van der Waals surface area contributed by atoms with E-state index < -0.39 is 6.09 Å². The molecule has 11 heteroatoms. The minimum Gasteiger partial charge on any atom is -0.465 e. The van der Waals surface area contributed by atoms with Gasteiger partial charge < -0.3 is 31.4 Å².